The third kappa shape index (κ3) is 3.76. The van der Waals surface area contributed by atoms with Crippen LogP contribution in [0.5, 0.6) is 0 Å². The van der Waals surface area contributed by atoms with Gasteiger partial charge in [0.05, 0.1) is 11.4 Å². The molecular formula is C24H39O6S-. The molecule has 178 valence electrons. The van der Waals surface area contributed by atoms with Crippen LogP contribution in [-0.4, -0.2) is 35.4 Å². The number of carbonyl (C=O) groups is 1. The van der Waals surface area contributed by atoms with E-state index in [2.05, 4.69) is 20.8 Å². The van der Waals surface area contributed by atoms with Gasteiger partial charge >= 0.3 is 0 Å². The Morgan fingerprint density at radius 2 is 1.81 bits per heavy atom. The van der Waals surface area contributed by atoms with Gasteiger partial charge in [0.2, 0.25) is 0 Å². The fraction of sp³-hybridized carbons (Fsp3) is 0.958. The normalized spacial score (nSPS) is 48.4. The fourth-order valence-corrected chi connectivity index (χ4v) is 10.7. The van der Waals surface area contributed by atoms with Crippen LogP contribution in [0.25, 0.3) is 0 Å². The summed E-state index contributed by atoms with van der Waals surface area (Å²) < 4.78 is 35.0. The van der Waals surface area contributed by atoms with E-state index in [4.69, 9.17) is 0 Å². The smallest absolute Gasteiger partial charge is 0.268 e. The Hall–Kier alpha value is -0.660. The lowest BCUT2D eigenvalue weighted by atomic mass is 9.44. The molecule has 0 aromatic heterocycles. The Kier molecular flexibility index (Phi) is 6.05. The molecule has 0 radical (unpaired) electrons. The summed E-state index contributed by atoms with van der Waals surface area (Å²) in [6.45, 7) is 6.65. The van der Waals surface area contributed by atoms with Crippen LogP contribution in [0.4, 0.5) is 0 Å². The highest BCUT2D eigenvalue weighted by atomic mass is 32.2. The van der Waals surface area contributed by atoms with E-state index < -0.39 is 32.9 Å². The molecule has 0 spiro atoms. The Balaban J connectivity index is 1.61. The third-order valence-electron chi connectivity index (χ3n) is 10.6. The first-order valence-electron chi connectivity index (χ1n) is 12.2. The number of aliphatic carboxylic acids is 1. The summed E-state index contributed by atoms with van der Waals surface area (Å²) in [4.78, 5) is 11.0. The summed E-state index contributed by atoms with van der Waals surface area (Å²) in [5.41, 5.74) is -0.326. The number of hydrogen-bond donors (Lipinski definition) is 2. The number of carbonyl (C=O) groups excluding carboxylic acids is 1. The molecule has 4 aliphatic carbocycles. The summed E-state index contributed by atoms with van der Waals surface area (Å²) >= 11 is 0. The summed E-state index contributed by atoms with van der Waals surface area (Å²) in [7, 11) is -4.24. The van der Waals surface area contributed by atoms with Crippen LogP contribution in [-0.2, 0) is 14.9 Å². The minimum Gasteiger partial charge on any atom is -0.550 e. The second-order valence-corrected chi connectivity index (χ2v) is 13.4. The van der Waals surface area contributed by atoms with Crippen LogP contribution in [0.3, 0.4) is 0 Å². The van der Waals surface area contributed by atoms with Crippen molar-refractivity contribution in [3.05, 3.63) is 0 Å². The van der Waals surface area contributed by atoms with Crippen LogP contribution < -0.4 is 5.11 Å². The molecule has 7 heteroatoms. The molecule has 4 aliphatic rings. The molecule has 31 heavy (non-hydrogen) atoms. The van der Waals surface area contributed by atoms with Gasteiger partial charge < -0.3 is 15.0 Å². The van der Waals surface area contributed by atoms with Gasteiger partial charge in [0, 0.05) is 5.97 Å². The van der Waals surface area contributed by atoms with Crippen molar-refractivity contribution >= 4 is 16.1 Å². The standard InChI is InChI=1S/C24H40O6S/c1-14(4-9-22(26)27)18-7-8-19-17-6-5-15-12-16(25)13-21(31(28,29)30)24(15,3)20(17)10-11-23(18,19)2/h14-21,25H,4-13H2,1-3H3,(H,26,27)(H,28,29,30)/p-1/t14-,15-,16+,17+,18-,19+,20+,21?,23-,24+/m1/s1. The maximum absolute atomic E-state index is 12.4. The molecule has 0 bridgehead atoms. The van der Waals surface area contributed by atoms with Crippen molar-refractivity contribution in [1.29, 1.82) is 0 Å². The van der Waals surface area contributed by atoms with Crippen molar-refractivity contribution in [1.82, 2.24) is 0 Å². The zero-order valence-corrected chi connectivity index (χ0v) is 19.9. The van der Waals surface area contributed by atoms with Gasteiger partial charge in [-0.3, -0.25) is 4.55 Å². The van der Waals surface area contributed by atoms with Crippen molar-refractivity contribution in [2.75, 3.05) is 0 Å². The predicted molar refractivity (Wildman–Crippen MR) is 115 cm³/mol. The van der Waals surface area contributed by atoms with Gasteiger partial charge in [-0.2, -0.15) is 8.42 Å². The molecule has 0 aromatic carbocycles. The summed E-state index contributed by atoms with van der Waals surface area (Å²) in [5, 5.41) is 20.4. The predicted octanol–water partition coefficient (Wildman–Crippen LogP) is 3.04. The molecule has 2 N–H and O–H groups in total. The zero-order valence-electron chi connectivity index (χ0n) is 19.1. The van der Waals surface area contributed by atoms with Gasteiger partial charge in [0.25, 0.3) is 10.1 Å². The van der Waals surface area contributed by atoms with Crippen LogP contribution in [0.1, 0.15) is 85.0 Å². The molecule has 0 amide bonds. The average molecular weight is 456 g/mol. The molecule has 1 unspecified atom stereocenters. The molecule has 4 fully saturated rings. The van der Waals surface area contributed by atoms with Gasteiger partial charge in [-0.25, -0.2) is 0 Å². The first-order valence-corrected chi connectivity index (χ1v) is 13.7. The lowest BCUT2D eigenvalue weighted by Gasteiger charge is -2.62. The highest BCUT2D eigenvalue weighted by Crippen LogP contribution is 2.68. The SMILES string of the molecule is C[C@H](CCC(=O)[O-])[C@H]1CC[C@H]2[C@@H]3CC[C@@H]4C[C@H](O)CC(S(=O)(=O)O)[C@]4(C)[C@H]3CC[C@]12C. The monoisotopic (exact) mass is 455 g/mol. The number of carboxylic acid groups (broad SMARTS) is 1. The minimum atomic E-state index is -4.24. The number of rotatable bonds is 5. The molecule has 6 nitrogen and oxygen atoms in total. The number of hydrogen-bond acceptors (Lipinski definition) is 5. The van der Waals surface area contributed by atoms with Gasteiger partial charge in [0.15, 0.2) is 0 Å². The first-order chi connectivity index (χ1) is 14.4. The summed E-state index contributed by atoms with van der Waals surface area (Å²) in [6, 6.07) is 0. The van der Waals surface area contributed by atoms with E-state index in [1.807, 2.05) is 0 Å². The number of aliphatic hydroxyl groups excluding tert-OH is 1. The van der Waals surface area contributed by atoms with Gasteiger partial charge in [0.1, 0.15) is 0 Å². The van der Waals surface area contributed by atoms with Crippen molar-refractivity contribution in [3.8, 4) is 0 Å². The maximum atomic E-state index is 12.4. The quantitative estimate of drug-likeness (QED) is 0.616. The molecule has 0 aromatic rings. The van der Waals surface area contributed by atoms with Crippen LogP contribution in [0.15, 0.2) is 0 Å². The Morgan fingerprint density at radius 1 is 1.10 bits per heavy atom. The second kappa shape index (κ2) is 7.98. The van der Waals surface area contributed by atoms with Crippen molar-refractivity contribution in [3.63, 3.8) is 0 Å². The number of carboxylic acids is 1. The van der Waals surface area contributed by atoms with E-state index >= 15 is 0 Å². The van der Waals surface area contributed by atoms with Gasteiger partial charge in [-0.05, 0) is 111 Å². The maximum Gasteiger partial charge on any atom is 0.268 e. The number of fused-ring (bicyclic) bond motifs is 5. The molecule has 4 saturated carbocycles. The van der Waals surface area contributed by atoms with E-state index in [1.165, 1.54) is 0 Å². The van der Waals surface area contributed by atoms with Gasteiger partial charge in [-0.15, -0.1) is 0 Å². The Bertz CT molecular complexity index is 811. The van der Waals surface area contributed by atoms with Crippen LogP contribution in [0.2, 0.25) is 0 Å². The van der Waals surface area contributed by atoms with E-state index in [-0.39, 0.29) is 30.1 Å². The fourth-order valence-electron chi connectivity index (χ4n) is 9.23. The van der Waals surface area contributed by atoms with Gasteiger partial charge in [-0.1, -0.05) is 20.8 Å². The zero-order chi connectivity index (χ0) is 22.8. The minimum absolute atomic E-state index is 0.114. The highest BCUT2D eigenvalue weighted by Gasteiger charge is 2.64. The highest BCUT2D eigenvalue weighted by molar-refractivity contribution is 7.86. The second-order valence-electron chi connectivity index (χ2n) is 11.8. The molecule has 0 heterocycles. The first kappa shape index (κ1) is 23.5. The lowest BCUT2D eigenvalue weighted by Crippen LogP contribution is -2.61. The van der Waals surface area contributed by atoms with Crippen molar-refractivity contribution < 1.29 is 28.0 Å². The summed E-state index contributed by atoms with van der Waals surface area (Å²) in [5.74, 6) is 1.21. The van der Waals surface area contributed by atoms with E-state index in [9.17, 15) is 28.0 Å². The molecule has 10 atom stereocenters. The molecule has 0 saturated heterocycles. The molecule has 4 rings (SSSR count). The Labute approximate surface area is 186 Å². The third-order valence-corrected chi connectivity index (χ3v) is 12.0. The topological polar surface area (TPSA) is 115 Å². The summed E-state index contributed by atoms with van der Waals surface area (Å²) in [6.07, 6.45) is 7.09. The van der Waals surface area contributed by atoms with Crippen molar-refractivity contribution in [2.45, 2.75) is 96.3 Å². The van der Waals surface area contributed by atoms with E-state index in [0.717, 1.165) is 38.5 Å². The Morgan fingerprint density at radius 3 is 2.45 bits per heavy atom. The largest absolute Gasteiger partial charge is 0.550 e. The molecule has 0 aliphatic heterocycles. The number of aliphatic hydroxyl groups is 1. The van der Waals surface area contributed by atoms with E-state index in [1.54, 1.807) is 0 Å². The van der Waals surface area contributed by atoms with Crippen LogP contribution >= 0.6 is 0 Å². The van der Waals surface area contributed by atoms with E-state index in [0.29, 0.717) is 36.5 Å². The van der Waals surface area contributed by atoms with Crippen LogP contribution in [0, 0.1) is 46.3 Å². The lowest BCUT2D eigenvalue weighted by molar-refractivity contribution is -0.306. The van der Waals surface area contributed by atoms with Crippen molar-refractivity contribution in [2.24, 2.45) is 46.3 Å². The average Bonchev–Trinajstić information content (AvgIpc) is 3.02. The molecular weight excluding hydrogens is 416 g/mol.